The van der Waals surface area contributed by atoms with Crippen LogP contribution < -0.4 is 0 Å². The van der Waals surface area contributed by atoms with Crippen molar-refractivity contribution in [3.8, 4) is 6.07 Å². The van der Waals surface area contributed by atoms with E-state index in [1.807, 2.05) is 24.3 Å². The first kappa shape index (κ1) is 16.6. The van der Waals surface area contributed by atoms with Gasteiger partial charge in [0.1, 0.15) is 0 Å². The van der Waals surface area contributed by atoms with Crippen LogP contribution in [0, 0.1) is 16.7 Å². The molecule has 0 saturated carbocycles. The van der Waals surface area contributed by atoms with E-state index in [0.29, 0.717) is 22.8 Å². The van der Waals surface area contributed by atoms with Gasteiger partial charge >= 0.3 is 0 Å². The molecule has 0 spiro atoms. The van der Waals surface area contributed by atoms with Crippen molar-refractivity contribution in [2.24, 2.45) is 9.98 Å². The summed E-state index contributed by atoms with van der Waals surface area (Å²) in [6, 6.07) is 16.6. The van der Waals surface area contributed by atoms with E-state index in [-0.39, 0.29) is 6.54 Å². The molecule has 0 fully saturated rings. The molecule has 114 valence electrons. The van der Waals surface area contributed by atoms with E-state index in [9.17, 15) is 0 Å². The third-order valence-corrected chi connectivity index (χ3v) is 3.18. The Labute approximate surface area is 140 Å². The molecule has 0 aromatic heterocycles. The smallest absolute Gasteiger partial charge is 0.0991 e. The Morgan fingerprint density at radius 3 is 2.35 bits per heavy atom. The highest BCUT2D eigenvalue weighted by Crippen LogP contribution is 2.07. The zero-order chi connectivity index (χ0) is 16.5. The van der Waals surface area contributed by atoms with Crippen molar-refractivity contribution in [1.82, 2.24) is 0 Å². The lowest BCUT2D eigenvalue weighted by molar-refractivity contribution is 1.17. The molecular formula is C18H15ClN4. The van der Waals surface area contributed by atoms with Crippen molar-refractivity contribution in [2.45, 2.75) is 0 Å². The fourth-order valence-corrected chi connectivity index (χ4v) is 1.94. The number of benzene rings is 2. The molecule has 0 atom stereocenters. The SMILES string of the molecule is N#Cc1cccc(C=NCC(=N)CN=Cc2ccc(Cl)cc2)c1. The summed E-state index contributed by atoms with van der Waals surface area (Å²) in [5.74, 6) is 0. The number of rotatable bonds is 6. The van der Waals surface area contributed by atoms with E-state index in [4.69, 9.17) is 22.3 Å². The van der Waals surface area contributed by atoms with Gasteiger partial charge in [0.25, 0.3) is 0 Å². The largest absolute Gasteiger partial charge is 0.306 e. The lowest BCUT2D eigenvalue weighted by atomic mass is 10.1. The van der Waals surface area contributed by atoms with Crippen LogP contribution in [0.15, 0.2) is 58.5 Å². The molecule has 0 unspecified atom stereocenters. The maximum absolute atomic E-state index is 8.83. The van der Waals surface area contributed by atoms with Crippen molar-refractivity contribution in [1.29, 1.82) is 10.7 Å². The molecule has 4 nitrogen and oxygen atoms in total. The molecule has 2 rings (SSSR count). The molecule has 0 amide bonds. The minimum Gasteiger partial charge on any atom is -0.306 e. The molecule has 2 aromatic carbocycles. The molecular weight excluding hydrogens is 308 g/mol. The normalized spacial score (nSPS) is 11.0. The fraction of sp³-hybridized carbons (Fsp3) is 0.111. The fourth-order valence-electron chi connectivity index (χ4n) is 1.81. The van der Waals surface area contributed by atoms with Crippen molar-refractivity contribution in [3.63, 3.8) is 0 Å². The Morgan fingerprint density at radius 2 is 1.70 bits per heavy atom. The molecule has 0 bridgehead atoms. The summed E-state index contributed by atoms with van der Waals surface area (Å²) in [6.07, 6.45) is 3.38. The molecule has 1 N–H and O–H groups in total. The molecule has 0 aliphatic rings. The van der Waals surface area contributed by atoms with Crippen LogP contribution in [-0.4, -0.2) is 31.2 Å². The third-order valence-electron chi connectivity index (χ3n) is 2.93. The Morgan fingerprint density at radius 1 is 1.04 bits per heavy atom. The van der Waals surface area contributed by atoms with Crippen LogP contribution in [0.3, 0.4) is 0 Å². The topological polar surface area (TPSA) is 72.4 Å². The second-order valence-electron chi connectivity index (χ2n) is 4.83. The van der Waals surface area contributed by atoms with E-state index < -0.39 is 0 Å². The van der Waals surface area contributed by atoms with Crippen molar-refractivity contribution in [3.05, 3.63) is 70.2 Å². The zero-order valence-electron chi connectivity index (χ0n) is 12.4. The van der Waals surface area contributed by atoms with Gasteiger partial charge < -0.3 is 5.41 Å². The highest BCUT2D eigenvalue weighted by molar-refractivity contribution is 6.30. The molecule has 0 aliphatic carbocycles. The first-order valence-electron chi connectivity index (χ1n) is 6.99. The standard InChI is InChI=1S/C18H15ClN4/c19-17-6-4-14(5-7-17)10-22-12-18(21)13-23-11-16-3-1-2-15(8-16)9-20/h1-8,10-11,21H,12-13H2. The summed E-state index contributed by atoms with van der Waals surface area (Å²) in [7, 11) is 0. The summed E-state index contributed by atoms with van der Waals surface area (Å²) in [4.78, 5) is 8.42. The Bertz CT molecular complexity index is 770. The van der Waals surface area contributed by atoms with Gasteiger partial charge in [-0.15, -0.1) is 0 Å². The molecule has 23 heavy (non-hydrogen) atoms. The van der Waals surface area contributed by atoms with Crippen LogP contribution in [-0.2, 0) is 0 Å². The van der Waals surface area contributed by atoms with Crippen molar-refractivity contribution in [2.75, 3.05) is 13.1 Å². The van der Waals surface area contributed by atoms with Gasteiger partial charge in [0.15, 0.2) is 0 Å². The minimum atomic E-state index is 0.286. The monoisotopic (exact) mass is 322 g/mol. The van der Waals surface area contributed by atoms with Gasteiger partial charge in [0.05, 0.1) is 30.4 Å². The van der Waals surface area contributed by atoms with Crippen LogP contribution in [0.2, 0.25) is 5.02 Å². The number of hydrogen-bond acceptors (Lipinski definition) is 4. The number of nitrogens with one attached hydrogen (secondary N) is 1. The maximum atomic E-state index is 8.83. The predicted octanol–water partition coefficient (Wildman–Crippen LogP) is 3.77. The third kappa shape index (κ3) is 5.85. The Hall–Kier alpha value is -2.77. The van der Waals surface area contributed by atoms with E-state index in [1.165, 1.54) is 0 Å². The van der Waals surface area contributed by atoms with E-state index >= 15 is 0 Å². The summed E-state index contributed by atoms with van der Waals surface area (Å²) in [5, 5.41) is 17.3. The highest BCUT2D eigenvalue weighted by atomic mass is 35.5. The number of hydrogen-bond donors (Lipinski definition) is 1. The second kappa shape index (κ2) is 8.62. The molecule has 0 radical (unpaired) electrons. The minimum absolute atomic E-state index is 0.286. The van der Waals surface area contributed by atoms with Crippen LogP contribution in [0.5, 0.6) is 0 Å². The van der Waals surface area contributed by atoms with Crippen LogP contribution in [0.4, 0.5) is 0 Å². The van der Waals surface area contributed by atoms with Gasteiger partial charge in [-0.2, -0.15) is 5.26 Å². The molecule has 5 heteroatoms. The number of halogens is 1. The number of nitrogens with zero attached hydrogens (tertiary/aromatic N) is 3. The van der Waals surface area contributed by atoms with Gasteiger partial charge in [-0.05, 0) is 35.4 Å². The van der Waals surface area contributed by atoms with Crippen LogP contribution in [0.25, 0.3) is 0 Å². The predicted molar refractivity (Wildman–Crippen MR) is 95.3 cm³/mol. The molecule has 2 aromatic rings. The average Bonchev–Trinajstić information content (AvgIpc) is 2.57. The van der Waals surface area contributed by atoms with Gasteiger partial charge in [-0.25, -0.2) is 0 Å². The molecule has 0 heterocycles. The summed E-state index contributed by atoms with van der Waals surface area (Å²) in [6.45, 7) is 0.590. The molecule has 0 saturated heterocycles. The maximum Gasteiger partial charge on any atom is 0.0991 e. The lowest BCUT2D eigenvalue weighted by Crippen LogP contribution is -2.06. The average molecular weight is 323 g/mol. The summed E-state index contributed by atoms with van der Waals surface area (Å²) < 4.78 is 0. The van der Waals surface area contributed by atoms with Crippen molar-refractivity contribution >= 4 is 29.7 Å². The van der Waals surface area contributed by atoms with E-state index in [2.05, 4.69) is 16.1 Å². The summed E-state index contributed by atoms with van der Waals surface area (Å²) in [5.41, 5.74) is 2.81. The second-order valence-corrected chi connectivity index (χ2v) is 5.27. The van der Waals surface area contributed by atoms with Gasteiger partial charge in [-0.3, -0.25) is 9.98 Å². The van der Waals surface area contributed by atoms with Crippen molar-refractivity contribution < 1.29 is 0 Å². The number of aliphatic imine (C=N–C) groups is 2. The van der Waals surface area contributed by atoms with E-state index in [1.54, 1.807) is 36.7 Å². The quantitative estimate of drug-likeness (QED) is 0.808. The molecule has 0 aliphatic heterocycles. The van der Waals surface area contributed by atoms with Crippen LogP contribution in [0.1, 0.15) is 16.7 Å². The first-order chi connectivity index (χ1) is 11.2. The van der Waals surface area contributed by atoms with Crippen LogP contribution >= 0.6 is 11.6 Å². The highest BCUT2D eigenvalue weighted by Gasteiger charge is 1.95. The Kier molecular flexibility index (Phi) is 6.22. The lowest BCUT2D eigenvalue weighted by Gasteiger charge is -1.97. The Balaban J connectivity index is 1.81. The van der Waals surface area contributed by atoms with Gasteiger partial charge in [-0.1, -0.05) is 35.9 Å². The van der Waals surface area contributed by atoms with E-state index in [0.717, 1.165) is 11.1 Å². The zero-order valence-corrected chi connectivity index (χ0v) is 13.2. The van der Waals surface area contributed by atoms with Gasteiger partial charge in [0, 0.05) is 17.5 Å². The van der Waals surface area contributed by atoms with Gasteiger partial charge in [0.2, 0.25) is 0 Å². The first-order valence-corrected chi connectivity index (χ1v) is 7.37. The summed E-state index contributed by atoms with van der Waals surface area (Å²) >= 11 is 5.81. The number of nitriles is 1.